The molecule has 0 fully saturated rings. The lowest BCUT2D eigenvalue weighted by Crippen LogP contribution is -2.37. The largest absolute Gasteiger partial charge is 0.321 e. The Kier molecular flexibility index (Phi) is 9.32. The number of anilines is 1. The summed E-state index contributed by atoms with van der Waals surface area (Å²) in [6.45, 7) is 10.1. The van der Waals surface area contributed by atoms with Crippen LogP contribution in [0, 0.1) is 0 Å². The third kappa shape index (κ3) is 7.53. The summed E-state index contributed by atoms with van der Waals surface area (Å²) >= 11 is 1.80. The molecule has 0 aliphatic carbocycles. The standard InChI is InChI=1S/C24H32N2OS/c1-19(2)26(20(3)4)17-10-18-28-23-14-9-8-13-22(23)25-24(27)16-15-21-11-6-5-7-12-21/h5-9,11-16,19-20H,10,17-18H2,1-4H3,(H,25,27)/b16-15+. The Hall–Kier alpha value is -2.04. The average Bonchev–Trinajstić information content (AvgIpc) is 2.67. The lowest BCUT2D eigenvalue weighted by atomic mass is 10.2. The zero-order chi connectivity index (χ0) is 20.4. The molecule has 1 amide bonds. The molecule has 4 heteroatoms. The summed E-state index contributed by atoms with van der Waals surface area (Å²) in [7, 11) is 0. The van der Waals surface area contributed by atoms with Crippen molar-refractivity contribution in [3.8, 4) is 0 Å². The Bertz CT molecular complexity index is 748. The molecule has 0 radical (unpaired) electrons. The van der Waals surface area contributed by atoms with Gasteiger partial charge < -0.3 is 5.32 Å². The minimum Gasteiger partial charge on any atom is -0.321 e. The monoisotopic (exact) mass is 396 g/mol. The van der Waals surface area contributed by atoms with Crippen molar-refractivity contribution in [3.63, 3.8) is 0 Å². The number of para-hydroxylation sites is 1. The number of benzene rings is 2. The predicted octanol–water partition coefficient (Wildman–Crippen LogP) is 5.94. The number of thioether (sulfide) groups is 1. The van der Waals surface area contributed by atoms with Crippen molar-refractivity contribution in [2.45, 2.75) is 51.1 Å². The molecule has 0 atom stereocenters. The Labute approximate surface area is 174 Å². The summed E-state index contributed by atoms with van der Waals surface area (Å²) in [5.41, 5.74) is 1.89. The molecular weight excluding hydrogens is 364 g/mol. The van der Waals surface area contributed by atoms with E-state index < -0.39 is 0 Å². The van der Waals surface area contributed by atoms with Crippen molar-refractivity contribution in [1.29, 1.82) is 0 Å². The molecule has 0 aliphatic heterocycles. The number of carbonyl (C=O) groups excluding carboxylic acids is 1. The Morgan fingerprint density at radius 2 is 1.64 bits per heavy atom. The molecule has 0 aliphatic rings. The van der Waals surface area contributed by atoms with E-state index in [9.17, 15) is 4.79 Å². The second-order valence-electron chi connectivity index (χ2n) is 7.36. The van der Waals surface area contributed by atoms with Gasteiger partial charge in [0, 0.05) is 23.1 Å². The van der Waals surface area contributed by atoms with Crippen LogP contribution >= 0.6 is 11.8 Å². The van der Waals surface area contributed by atoms with Crippen molar-refractivity contribution < 1.29 is 4.79 Å². The minimum atomic E-state index is -0.109. The van der Waals surface area contributed by atoms with E-state index in [1.807, 2.05) is 54.6 Å². The first kappa shape index (κ1) is 22.3. The zero-order valence-electron chi connectivity index (χ0n) is 17.4. The van der Waals surface area contributed by atoms with Crippen LogP contribution in [0.1, 0.15) is 39.7 Å². The second kappa shape index (κ2) is 11.7. The SMILES string of the molecule is CC(C)N(CCCSc1ccccc1NC(=O)/C=C/c1ccccc1)C(C)C. The first-order valence-electron chi connectivity index (χ1n) is 9.99. The lowest BCUT2D eigenvalue weighted by Gasteiger charge is -2.30. The summed E-state index contributed by atoms with van der Waals surface area (Å²) in [5.74, 6) is 0.922. The Morgan fingerprint density at radius 1 is 1.00 bits per heavy atom. The highest BCUT2D eigenvalue weighted by Gasteiger charge is 2.12. The van der Waals surface area contributed by atoms with Crippen molar-refractivity contribution in [2.24, 2.45) is 0 Å². The van der Waals surface area contributed by atoms with Gasteiger partial charge in [-0.3, -0.25) is 9.69 Å². The Balaban J connectivity index is 1.88. The van der Waals surface area contributed by atoms with Crippen LogP contribution in [0.5, 0.6) is 0 Å². The van der Waals surface area contributed by atoms with Gasteiger partial charge in [-0.2, -0.15) is 0 Å². The summed E-state index contributed by atoms with van der Waals surface area (Å²) < 4.78 is 0. The fourth-order valence-electron chi connectivity index (χ4n) is 3.15. The maximum Gasteiger partial charge on any atom is 0.248 e. The third-order valence-electron chi connectivity index (χ3n) is 4.52. The topological polar surface area (TPSA) is 32.3 Å². The summed E-state index contributed by atoms with van der Waals surface area (Å²) in [4.78, 5) is 15.9. The summed E-state index contributed by atoms with van der Waals surface area (Å²) in [6, 6.07) is 19.0. The molecule has 0 bridgehead atoms. The number of amides is 1. The average molecular weight is 397 g/mol. The maximum atomic E-state index is 12.3. The van der Waals surface area contributed by atoms with E-state index in [4.69, 9.17) is 0 Å². The van der Waals surface area contributed by atoms with Crippen LogP contribution in [-0.2, 0) is 4.79 Å². The molecular formula is C24H32N2OS. The first-order valence-corrected chi connectivity index (χ1v) is 11.0. The van der Waals surface area contributed by atoms with Gasteiger partial charge in [-0.1, -0.05) is 42.5 Å². The van der Waals surface area contributed by atoms with Crippen LogP contribution in [0.15, 0.2) is 65.6 Å². The quantitative estimate of drug-likeness (QED) is 0.306. The molecule has 0 unspecified atom stereocenters. The highest BCUT2D eigenvalue weighted by atomic mass is 32.2. The van der Waals surface area contributed by atoms with E-state index in [1.165, 1.54) is 0 Å². The number of hydrogen-bond donors (Lipinski definition) is 1. The van der Waals surface area contributed by atoms with Gasteiger partial charge in [0.25, 0.3) is 0 Å². The first-order chi connectivity index (χ1) is 13.5. The van der Waals surface area contributed by atoms with Crippen LogP contribution in [0.4, 0.5) is 5.69 Å². The van der Waals surface area contributed by atoms with Crippen molar-refractivity contribution >= 4 is 29.4 Å². The molecule has 2 aromatic carbocycles. The molecule has 0 saturated heterocycles. The molecule has 2 aromatic rings. The molecule has 150 valence electrons. The number of nitrogens with one attached hydrogen (secondary N) is 1. The van der Waals surface area contributed by atoms with Gasteiger partial charge in [0.2, 0.25) is 5.91 Å². The van der Waals surface area contributed by atoms with Crippen LogP contribution < -0.4 is 5.32 Å². The fourth-order valence-corrected chi connectivity index (χ4v) is 4.09. The van der Waals surface area contributed by atoms with E-state index in [0.29, 0.717) is 12.1 Å². The van der Waals surface area contributed by atoms with Crippen LogP contribution in [-0.4, -0.2) is 35.2 Å². The zero-order valence-corrected chi connectivity index (χ0v) is 18.2. The molecule has 2 rings (SSSR count). The van der Waals surface area contributed by atoms with E-state index in [0.717, 1.165) is 34.9 Å². The normalized spacial score (nSPS) is 11.7. The van der Waals surface area contributed by atoms with Gasteiger partial charge in [0.1, 0.15) is 0 Å². The van der Waals surface area contributed by atoms with Crippen LogP contribution in [0.2, 0.25) is 0 Å². The molecule has 0 aromatic heterocycles. The maximum absolute atomic E-state index is 12.3. The van der Waals surface area contributed by atoms with Gasteiger partial charge in [0.05, 0.1) is 5.69 Å². The van der Waals surface area contributed by atoms with E-state index >= 15 is 0 Å². The summed E-state index contributed by atoms with van der Waals surface area (Å²) in [6.07, 6.45) is 4.54. The van der Waals surface area contributed by atoms with E-state index in [1.54, 1.807) is 17.8 Å². The molecule has 3 nitrogen and oxygen atoms in total. The lowest BCUT2D eigenvalue weighted by molar-refractivity contribution is -0.111. The van der Waals surface area contributed by atoms with Gasteiger partial charge in [-0.25, -0.2) is 0 Å². The highest BCUT2D eigenvalue weighted by Crippen LogP contribution is 2.27. The van der Waals surface area contributed by atoms with Crippen molar-refractivity contribution in [2.75, 3.05) is 17.6 Å². The van der Waals surface area contributed by atoms with Gasteiger partial charge in [0.15, 0.2) is 0 Å². The molecule has 0 spiro atoms. The molecule has 0 saturated carbocycles. The van der Waals surface area contributed by atoms with Crippen molar-refractivity contribution in [1.82, 2.24) is 4.90 Å². The van der Waals surface area contributed by atoms with Crippen LogP contribution in [0.3, 0.4) is 0 Å². The minimum absolute atomic E-state index is 0.109. The second-order valence-corrected chi connectivity index (χ2v) is 8.49. The highest BCUT2D eigenvalue weighted by molar-refractivity contribution is 7.99. The molecule has 28 heavy (non-hydrogen) atoms. The van der Waals surface area contributed by atoms with E-state index in [-0.39, 0.29) is 5.91 Å². The van der Waals surface area contributed by atoms with Gasteiger partial charge in [-0.15, -0.1) is 11.8 Å². The molecule has 1 N–H and O–H groups in total. The van der Waals surface area contributed by atoms with Crippen molar-refractivity contribution in [3.05, 3.63) is 66.2 Å². The number of hydrogen-bond acceptors (Lipinski definition) is 3. The number of rotatable bonds is 10. The number of carbonyl (C=O) groups is 1. The van der Waals surface area contributed by atoms with Gasteiger partial charge >= 0.3 is 0 Å². The van der Waals surface area contributed by atoms with E-state index in [2.05, 4.69) is 44.0 Å². The van der Waals surface area contributed by atoms with Crippen LogP contribution in [0.25, 0.3) is 6.08 Å². The smallest absolute Gasteiger partial charge is 0.248 e. The molecule has 0 heterocycles. The van der Waals surface area contributed by atoms with Gasteiger partial charge in [-0.05, 0) is 70.2 Å². The predicted molar refractivity (Wildman–Crippen MR) is 123 cm³/mol. The summed E-state index contributed by atoms with van der Waals surface area (Å²) in [5, 5.41) is 3.01. The fraction of sp³-hybridized carbons (Fsp3) is 0.375. The third-order valence-corrected chi connectivity index (χ3v) is 5.68. The Morgan fingerprint density at radius 3 is 2.32 bits per heavy atom. The number of nitrogens with zero attached hydrogens (tertiary/aromatic N) is 1.